The molecule has 0 radical (unpaired) electrons. The summed E-state index contributed by atoms with van der Waals surface area (Å²) in [6, 6.07) is 12.2. The molecule has 1 N–H and O–H groups in total. The zero-order valence-corrected chi connectivity index (χ0v) is 18.0. The van der Waals surface area contributed by atoms with Gasteiger partial charge in [0.05, 0.1) is 13.2 Å². The minimum Gasteiger partial charge on any atom is -0.494 e. The molecule has 1 saturated heterocycles. The Kier molecular flexibility index (Phi) is 6.76. The van der Waals surface area contributed by atoms with Gasteiger partial charge in [0.25, 0.3) is 0 Å². The van der Waals surface area contributed by atoms with Crippen LogP contribution >= 0.6 is 0 Å². The van der Waals surface area contributed by atoms with Crippen LogP contribution in [-0.4, -0.2) is 67.9 Å². The number of rotatable bonds is 8. The van der Waals surface area contributed by atoms with E-state index < -0.39 is 6.29 Å². The number of nitrogens with one attached hydrogen (secondary N) is 1. The summed E-state index contributed by atoms with van der Waals surface area (Å²) < 4.78 is 40.6. The highest BCUT2D eigenvalue weighted by molar-refractivity contribution is 5.92. The first-order valence-electron chi connectivity index (χ1n) is 10.8. The van der Waals surface area contributed by atoms with Crippen LogP contribution in [0.1, 0.15) is 12.5 Å². The van der Waals surface area contributed by atoms with E-state index in [1.54, 1.807) is 12.1 Å². The Morgan fingerprint density at radius 2 is 1.72 bits per heavy atom. The maximum Gasteiger partial charge on any atom is 0.586 e. The molecule has 2 heterocycles. The predicted octanol–water partition coefficient (Wildman–Crippen LogP) is 3.21. The van der Waals surface area contributed by atoms with Crippen molar-refractivity contribution in [3.8, 4) is 17.2 Å². The maximum atomic E-state index is 13.1. The molecule has 0 aromatic heterocycles. The third kappa shape index (κ3) is 5.86. The molecule has 1 amide bonds. The number of hydrogen-bond donors (Lipinski definition) is 1. The first-order chi connectivity index (χ1) is 15.4. The van der Waals surface area contributed by atoms with E-state index in [-0.39, 0.29) is 17.4 Å². The second kappa shape index (κ2) is 9.70. The molecule has 0 bridgehead atoms. The lowest BCUT2D eigenvalue weighted by molar-refractivity contribution is -0.286. The van der Waals surface area contributed by atoms with E-state index in [4.69, 9.17) is 4.74 Å². The van der Waals surface area contributed by atoms with Crippen LogP contribution in [0.2, 0.25) is 0 Å². The third-order valence-electron chi connectivity index (χ3n) is 5.46. The number of fused-ring (bicyclic) bond motifs is 1. The number of nitrogens with zero attached hydrogens (tertiary/aromatic N) is 2. The number of benzene rings is 2. The molecule has 0 aliphatic carbocycles. The smallest absolute Gasteiger partial charge is 0.494 e. The summed E-state index contributed by atoms with van der Waals surface area (Å²) in [5.41, 5.74) is 1.67. The Hall–Kier alpha value is -2.91. The van der Waals surface area contributed by atoms with E-state index >= 15 is 0 Å². The summed E-state index contributed by atoms with van der Waals surface area (Å²) in [4.78, 5) is 16.8. The van der Waals surface area contributed by atoms with Gasteiger partial charge in [0.15, 0.2) is 11.5 Å². The molecule has 0 atom stereocenters. The largest absolute Gasteiger partial charge is 0.586 e. The number of carbonyl (C=O) groups excluding carboxylic acids is 1. The molecule has 172 valence electrons. The summed E-state index contributed by atoms with van der Waals surface area (Å²) in [5, 5.41) is 2.92. The van der Waals surface area contributed by atoms with Crippen LogP contribution in [-0.2, 0) is 11.2 Å². The molecular weight excluding hydrogens is 420 g/mol. The Bertz CT molecular complexity index is 931. The predicted molar refractivity (Wildman–Crippen MR) is 115 cm³/mol. The molecule has 9 heteroatoms. The van der Waals surface area contributed by atoms with Gasteiger partial charge in [0.2, 0.25) is 5.91 Å². The van der Waals surface area contributed by atoms with Gasteiger partial charge < -0.3 is 24.4 Å². The van der Waals surface area contributed by atoms with Crippen molar-refractivity contribution in [3.05, 3.63) is 48.0 Å². The molecular formula is C23H27F2N3O4. The van der Waals surface area contributed by atoms with Gasteiger partial charge in [-0.15, -0.1) is 8.78 Å². The zero-order valence-electron chi connectivity index (χ0n) is 18.0. The van der Waals surface area contributed by atoms with E-state index in [2.05, 4.69) is 24.6 Å². The lowest BCUT2D eigenvalue weighted by Gasteiger charge is -2.34. The van der Waals surface area contributed by atoms with Gasteiger partial charge in [-0.25, -0.2) is 0 Å². The van der Waals surface area contributed by atoms with Crippen molar-refractivity contribution in [1.29, 1.82) is 0 Å². The molecule has 2 aromatic rings. The number of piperazine rings is 1. The summed E-state index contributed by atoms with van der Waals surface area (Å²) in [6.45, 7) is 6.97. The van der Waals surface area contributed by atoms with Crippen LogP contribution in [0.3, 0.4) is 0 Å². The SMILES string of the molecule is CCOc1ccc(NC(=O)CN2CCN(CCc3ccc4c(c3)OC(F)(F)O4)CC2)cc1. The van der Waals surface area contributed by atoms with Gasteiger partial charge in [0.1, 0.15) is 5.75 Å². The van der Waals surface area contributed by atoms with Crippen LogP contribution < -0.4 is 19.5 Å². The lowest BCUT2D eigenvalue weighted by atomic mass is 10.1. The topological polar surface area (TPSA) is 63.3 Å². The molecule has 2 aromatic carbocycles. The number of alkyl halides is 2. The second-order valence-electron chi connectivity index (χ2n) is 7.82. The Balaban J connectivity index is 1.17. The standard InChI is InChI=1S/C23H27F2N3O4/c1-2-30-19-6-4-18(5-7-19)26-22(29)16-28-13-11-27(12-14-28)10-9-17-3-8-20-21(15-17)32-23(24,25)31-20/h3-8,15H,2,9-14,16H2,1H3,(H,26,29). The molecule has 32 heavy (non-hydrogen) atoms. The number of carbonyl (C=O) groups is 1. The number of ether oxygens (including phenoxy) is 3. The quantitative estimate of drug-likeness (QED) is 0.671. The summed E-state index contributed by atoms with van der Waals surface area (Å²) in [6.07, 6.45) is -2.86. The maximum absolute atomic E-state index is 13.1. The average Bonchev–Trinajstić information content (AvgIpc) is 3.08. The van der Waals surface area contributed by atoms with Crippen molar-refractivity contribution in [2.24, 2.45) is 0 Å². The van der Waals surface area contributed by atoms with Gasteiger partial charge in [-0.2, -0.15) is 0 Å². The highest BCUT2D eigenvalue weighted by atomic mass is 19.3. The number of hydrogen-bond acceptors (Lipinski definition) is 6. The Labute approximate surface area is 185 Å². The molecule has 0 saturated carbocycles. The fourth-order valence-corrected chi connectivity index (χ4v) is 3.81. The summed E-state index contributed by atoms with van der Waals surface area (Å²) in [5.74, 6) is 0.881. The fourth-order valence-electron chi connectivity index (χ4n) is 3.81. The van der Waals surface area contributed by atoms with E-state index in [1.165, 1.54) is 6.07 Å². The summed E-state index contributed by atoms with van der Waals surface area (Å²) in [7, 11) is 0. The van der Waals surface area contributed by atoms with Gasteiger partial charge in [-0.05, 0) is 55.3 Å². The Morgan fingerprint density at radius 3 is 2.44 bits per heavy atom. The number of amides is 1. The second-order valence-corrected chi connectivity index (χ2v) is 7.82. The molecule has 0 spiro atoms. The van der Waals surface area contributed by atoms with Crippen LogP contribution in [0.15, 0.2) is 42.5 Å². The van der Waals surface area contributed by atoms with Gasteiger partial charge in [-0.3, -0.25) is 9.69 Å². The molecule has 4 rings (SSSR count). The highest BCUT2D eigenvalue weighted by Gasteiger charge is 2.43. The van der Waals surface area contributed by atoms with Gasteiger partial charge in [0, 0.05) is 38.4 Å². The Morgan fingerprint density at radius 1 is 1.03 bits per heavy atom. The minimum absolute atomic E-state index is 0.0419. The molecule has 1 fully saturated rings. The van der Waals surface area contributed by atoms with Crippen LogP contribution in [0.25, 0.3) is 0 Å². The van der Waals surface area contributed by atoms with Crippen molar-refractivity contribution < 1.29 is 27.8 Å². The first-order valence-corrected chi connectivity index (χ1v) is 10.8. The van der Waals surface area contributed by atoms with E-state index in [1.807, 2.05) is 31.2 Å². The molecule has 0 unspecified atom stereocenters. The highest BCUT2D eigenvalue weighted by Crippen LogP contribution is 2.41. The van der Waals surface area contributed by atoms with Crippen LogP contribution in [0.5, 0.6) is 17.2 Å². The van der Waals surface area contributed by atoms with Crippen LogP contribution in [0, 0.1) is 0 Å². The van der Waals surface area contributed by atoms with E-state index in [0.717, 1.165) is 56.1 Å². The molecule has 2 aliphatic heterocycles. The van der Waals surface area contributed by atoms with Crippen molar-refractivity contribution in [1.82, 2.24) is 9.80 Å². The molecule has 7 nitrogen and oxygen atoms in total. The van der Waals surface area contributed by atoms with Crippen molar-refractivity contribution in [2.45, 2.75) is 19.6 Å². The fraction of sp³-hybridized carbons (Fsp3) is 0.435. The van der Waals surface area contributed by atoms with E-state index in [0.29, 0.717) is 13.2 Å². The average molecular weight is 447 g/mol. The van der Waals surface area contributed by atoms with Crippen molar-refractivity contribution >= 4 is 11.6 Å². The van der Waals surface area contributed by atoms with Crippen LogP contribution in [0.4, 0.5) is 14.5 Å². The van der Waals surface area contributed by atoms with Gasteiger partial charge >= 0.3 is 6.29 Å². The van der Waals surface area contributed by atoms with E-state index in [9.17, 15) is 13.6 Å². The minimum atomic E-state index is -3.59. The lowest BCUT2D eigenvalue weighted by Crippen LogP contribution is -2.49. The first kappa shape index (κ1) is 22.3. The number of anilines is 1. The monoisotopic (exact) mass is 447 g/mol. The summed E-state index contributed by atoms with van der Waals surface area (Å²) >= 11 is 0. The van der Waals surface area contributed by atoms with Crippen molar-refractivity contribution in [3.63, 3.8) is 0 Å². The normalized spacial score (nSPS) is 17.8. The zero-order chi connectivity index (χ0) is 22.6. The van der Waals surface area contributed by atoms with Crippen molar-refractivity contribution in [2.75, 3.05) is 51.2 Å². The molecule has 2 aliphatic rings. The third-order valence-corrected chi connectivity index (χ3v) is 5.46. The number of halogens is 2. The van der Waals surface area contributed by atoms with Gasteiger partial charge in [-0.1, -0.05) is 6.07 Å².